The molecule has 1 rings (SSSR count). The summed E-state index contributed by atoms with van der Waals surface area (Å²) in [4.78, 5) is 2.36. The lowest BCUT2D eigenvalue weighted by Crippen LogP contribution is -2.30. The first-order valence-corrected chi connectivity index (χ1v) is 6.66. The number of hydrogen-bond donors (Lipinski definition) is 1. The molecule has 90 valence electrons. The van der Waals surface area contributed by atoms with E-state index in [0.717, 1.165) is 32.6 Å². The zero-order valence-corrected chi connectivity index (χ0v) is 11.8. The van der Waals surface area contributed by atoms with E-state index < -0.39 is 0 Å². The van der Waals surface area contributed by atoms with Crippen LogP contribution in [0.2, 0.25) is 0 Å². The van der Waals surface area contributed by atoms with E-state index in [1.807, 2.05) is 0 Å². The fourth-order valence-electron chi connectivity index (χ4n) is 1.57. The van der Waals surface area contributed by atoms with Crippen LogP contribution in [0, 0.1) is 0 Å². The molecule has 0 fully saturated rings. The molecule has 0 aliphatic carbocycles. The molecule has 1 aromatic rings. The van der Waals surface area contributed by atoms with Crippen LogP contribution in [-0.2, 0) is 6.42 Å². The van der Waals surface area contributed by atoms with Crippen molar-refractivity contribution < 1.29 is 0 Å². The van der Waals surface area contributed by atoms with Gasteiger partial charge in [0.25, 0.3) is 0 Å². The first-order valence-electron chi connectivity index (χ1n) is 5.86. The average Bonchev–Trinajstić information content (AvgIpc) is 2.28. The number of nitrogens with zero attached hydrogens (tertiary/aromatic N) is 1. The number of rotatable bonds is 7. The Hall–Kier alpha value is -0.380. The molecular formula is C13H21BrN2. The Morgan fingerprint density at radius 1 is 1.25 bits per heavy atom. The number of hydrogen-bond acceptors (Lipinski definition) is 2. The van der Waals surface area contributed by atoms with Crippen molar-refractivity contribution in [2.75, 3.05) is 33.2 Å². The van der Waals surface area contributed by atoms with Crippen molar-refractivity contribution in [3.63, 3.8) is 0 Å². The number of halogens is 1. The molecule has 0 aliphatic rings. The number of benzene rings is 1. The minimum absolute atomic E-state index is 1.05. The minimum Gasteiger partial charge on any atom is -0.316 e. The predicted molar refractivity (Wildman–Crippen MR) is 73.9 cm³/mol. The standard InChI is InChI=1S/C13H21BrN2/c1-3-15-9-11-16(2)10-8-12-6-4-5-7-13(12)14/h4-7,15H,3,8-11H2,1-2H3. The van der Waals surface area contributed by atoms with E-state index in [2.05, 4.69) is 64.4 Å². The van der Waals surface area contributed by atoms with Gasteiger partial charge in [-0.15, -0.1) is 0 Å². The highest BCUT2D eigenvalue weighted by Gasteiger charge is 2.01. The van der Waals surface area contributed by atoms with E-state index in [-0.39, 0.29) is 0 Å². The largest absolute Gasteiger partial charge is 0.316 e. The van der Waals surface area contributed by atoms with Crippen LogP contribution in [-0.4, -0.2) is 38.1 Å². The Labute approximate surface area is 107 Å². The molecule has 0 aliphatic heterocycles. The smallest absolute Gasteiger partial charge is 0.0207 e. The topological polar surface area (TPSA) is 15.3 Å². The predicted octanol–water partition coefficient (Wildman–Crippen LogP) is 2.53. The van der Waals surface area contributed by atoms with E-state index in [9.17, 15) is 0 Å². The molecule has 0 atom stereocenters. The van der Waals surface area contributed by atoms with E-state index in [1.165, 1.54) is 10.0 Å². The van der Waals surface area contributed by atoms with Crippen LogP contribution < -0.4 is 5.32 Å². The summed E-state index contributed by atoms with van der Waals surface area (Å²) in [5.74, 6) is 0. The Morgan fingerprint density at radius 3 is 2.69 bits per heavy atom. The highest BCUT2D eigenvalue weighted by atomic mass is 79.9. The van der Waals surface area contributed by atoms with Gasteiger partial charge in [0.05, 0.1) is 0 Å². The molecule has 2 nitrogen and oxygen atoms in total. The van der Waals surface area contributed by atoms with Crippen molar-refractivity contribution in [2.24, 2.45) is 0 Å². The summed E-state index contributed by atoms with van der Waals surface area (Å²) < 4.78 is 1.22. The van der Waals surface area contributed by atoms with Gasteiger partial charge in [-0.2, -0.15) is 0 Å². The molecule has 0 saturated heterocycles. The van der Waals surface area contributed by atoms with Gasteiger partial charge in [0, 0.05) is 24.1 Å². The fourth-order valence-corrected chi connectivity index (χ4v) is 2.05. The van der Waals surface area contributed by atoms with E-state index >= 15 is 0 Å². The highest BCUT2D eigenvalue weighted by molar-refractivity contribution is 9.10. The van der Waals surface area contributed by atoms with Crippen molar-refractivity contribution in [3.8, 4) is 0 Å². The number of likely N-dealkylation sites (N-methyl/N-ethyl adjacent to an activating group) is 2. The van der Waals surface area contributed by atoms with Crippen molar-refractivity contribution in [2.45, 2.75) is 13.3 Å². The maximum absolute atomic E-state index is 3.58. The number of nitrogens with one attached hydrogen (secondary N) is 1. The van der Waals surface area contributed by atoms with Crippen molar-refractivity contribution >= 4 is 15.9 Å². The molecule has 0 radical (unpaired) electrons. The molecule has 0 spiro atoms. The third-order valence-electron chi connectivity index (χ3n) is 2.64. The lowest BCUT2D eigenvalue weighted by atomic mass is 10.1. The monoisotopic (exact) mass is 284 g/mol. The van der Waals surface area contributed by atoms with Gasteiger partial charge in [-0.3, -0.25) is 0 Å². The lowest BCUT2D eigenvalue weighted by Gasteiger charge is -2.17. The van der Waals surface area contributed by atoms with Gasteiger partial charge in [0.1, 0.15) is 0 Å². The van der Waals surface area contributed by atoms with Crippen LogP contribution in [0.1, 0.15) is 12.5 Å². The second-order valence-electron chi connectivity index (χ2n) is 4.00. The van der Waals surface area contributed by atoms with Crippen LogP contribution in [0.3, 0.4) is 0 Å². The third-order valence-corrected chi connectivity index (χ3v) is 3.41. The molecule has 0 amide bonds. The van der Waals surface area contributed by atoms with Crippen molar-refractivity contribution in [3.05, 3.63) is 34.3 Å². The van der Waals surface area contributed by atoms with Gasteiger partial charge in [-0.05, 0) is 31.6 Å². The normalized spacial score (nSPS) is 11.0. The third kappa shape index (κ3) is 5.10. The molecule has 0 unspecified atom stereocenters. The quantitative estimate of drug-likeness (QED) is 0.774. The summed E-state index contributed by atoms with van der Waals surface area (Å²) in [5.41, 5.74) is 1.39. The van der Waals surface area contributed by atoms with E-state index in [4.69, 9.17) is 0 Å². The maximum atomic E-state index is 3.58. The van der Waals surface area contributed by atoms with E-state index in [0.29, 0.717) is 0 Å². The molecule has 1 aromatic carbocycles. The van der Waals surface area contributed by atoms with Crippen LogP contribution in [0.15, 0.2) is 28.7 Å². The Balaban J connectivity index is 2.26. The first kappa shape index (κ1) is 13.7. The summed E-state index contributed by atoms with van der Waals surface area (Å²) in [6.45, 7) is 6.48. The summed E-state index contributed by atoms with van der Waals surface area (Å²) in [6.07, 6.45) is 1.10. The zero-order valence-electron chi connectivity index (χ0n) is 10.2. The lowest BCUT2D eigenvalue weighted by molar-refractivity contribution is 0.337. The summed E-state index contributed by atoms with van der Waals surface area (Å²) >= 11 is 3.58. The second-order valence-corrected chi connectivity index (χ2v) is 4.85. The molecule has 0 heterocycles. The maximum Gasteiger partial charge on any atom is 0.0207 e. The molecular weight excluding hydrogens is 264 g/mol. The summed E-state index contributed by atoms with van der Waals surface area (Å²) in [6, 6.07) is 8.44. The molecule has 0 bridgehead atoms. The fraction of sp³-hybridized carbons (Fsp3) is 0.538. The van der Waals surface area contributed by atoms with Crippen LogP contribution in [0.4, 0.5) is 0 Å². The van der Waals surface area contributed by atoms with Crippen LogP contribution in [0.25, 0.3) is 0 Å². The molecule has 16 heavy (non-hydrogen) atoms. The Kier molecular flexibility index (Phi) is 6.69. The van der Waals surface area contributed by atoms with Gasteiger partial charge in [-0.25, -0.2) is 0 Å². The van der Waals surface area contributed by atoms with Gasteiger partial charge in [0.2, 0.25) is 0 Å². The SMILES string of the molecule is CCNCCN(C)CCc1ccccc1Br. The Morgan fingerprint density at radius 2 is 2.00 bits per heavy atom. The second kappa shape index (κ2) is 7.82. The van der Waals surface area contributed by atoms with Crippen LogP contribution >= 0.6 is 15.9 Å². The van der Waals surface area contributed by atoms with Gasteiger partial charge in [0.15, 0.2) is 0 Å². The van der Waals surface area contributed by atoms with Crippen molar-refractivity contribution in [1.29, 1.82) is 0 Å². The van der Waals surface area contributed by atoms with Crippen LogP contribution in [0.5, 0.6) is 0 Å². The minimum atomic E-state index is 1.05. The van der Waals surface area contributed by atoms with Crippen molar-refractivity contribution in [1.82, 2.24) is 10.2 Å². The molecule has 0 aromatic heterocycles. The highest BCUT2D eigenvalue weighted by Crippen LogP contribution is 2.16. The molecule has 1 N–H and O–H groups in total. The molecule has 0 saturated carbocycles. The van der Waals surface area contributed by atoms with Gasteiger partial charge >= 0.3 is 0 Å². The zero-order chi connectivity index (χ0) is 11.8. The summed E-state index contributed by atoms with van der Waals surface area (Å²) in [5, 5.41) is 3.34. The van der Waals surface area contributed by atoms with E-state index in [1.54, 1.807) is 0 Å². The Bertz CT molecular complexity index is 302. The first-order chi connectivity index (χ1) is 7.74. The van der Waals surface area contributed by atoms with Gasteiger partial charge in [-0.1, -0.05) is 41.1 Å². The summed E-state index contributed by atoms with van der Waals surface area (Å²) in [7, 11) is 2.17. The average molecular weight is 285 g/mol. The van der Waals surface area contributed by atoms with Gasteiger partial charge < -0.3 is 10.2 Å². The molecule has 3 heteroatoms.